The summed E-state index contributed by atoms with van der Waals surface area (Å²) in [5, 5.41) is 2.58. The van der Waals surface area contributed by atoms with Gasteiger partial charge in [-0.2, -0.15) is 0 Å². The van der Waals surface area contributed by atoms with E-state index in [4.69, 9.17) is 0 Å². The van der Waals surface area contributed by atoms with E-state index < -0.39 is 0 Å². The van der Waals surface area contributed by atoms with E-state index >= 15 is 0 Å². The molecule has 0 spiro atoms. The number of aromatic nitrogens is 1. The zero-order chi connectivity index (χ0) is 54.0. The molecule has 3 nitrogen and oxygen atoms in total. The number of aryl methyl sites for hydroxylation is 4. The van der Waals surface area contributed by atoms with Gasteiger partial charge in [0.2, 0.25) is 0 Å². The maximum absolute atomic E-state index is 2.68. The third-order valence-electron chi connectivity index (χ3n) is 17.9. The van der Waals surface area contributed by atoms with Crippen LogP contribution in [0.15, 0.2) is 164 Å². The van der Waals surface area contributed by atoms with Gasteiger partial charge in [0.25, 0.3) is 6.71 Å². The van der Waals surface area contributed by atoms with Gasteiger partial charge in [0.05, 0.1) is 22.4 Å². The Balaban J connectivity index is 1.19. The summed E-state index contributed by atoms with van der Waals surface area (Å²) in [6.07, 6.45) is 0. The van der Waals surface area contributed by atoms with Gasteiger partial charge < -0.3 is 14.4 Å². The van der Waals surface area contributed by atoms with Crippen molar-refractivity contribution in [2.75, 3.05) is 9.80 Å². The number of fused-ring (bicyclic) bond motifs is 10. The molecule has 3 aliphatic rings. The van der Waals surface area contributed by atoms with E-state index in [1.807, 2.05) is 0 Å². The summed E-state index contributed by atoms with van der Waals surface area (Å²) in [5.41, 5.74) is 31.6. The van der Waals surface area contributed by atoms with Crippen LogP contribution in [0.25, 0.3) is 49.7 Å². The second kappa shape index (κ2) is 16.7. The maximum atomic E-state index is 2.68. The third kappa shape index (κ3) is 7.37. The first-order valence-electron chi connectivity index (χ1n) is 28.0. The highest BCUT2D eigenvalue weighted by molar-refractivity contribution is 7.00. The first kappa shape index (κ1) is 49.0. The fourth-order valence-corrected chi connectivity index (χ4v) is 13.7. The molecule has 0 radical (unpaired) electrons. The largest absolute Gasteiger partial charge is 0.311 e. The summed E-state index contributed by atoms with van der Waals surface area (Å²) < 4.78 is 2.59. The third-order valence-corrected chi connectivity index (χ3v) is 17.9. The summed E-state index contributed by atoms with van der Waals surface area (Å²) in [7, 11) is 0. The Bertz CT molecular complexity index is 4080. The molecule has 77 heavy (non-hydrogen) atoms. The molecule has 0 amide bonds. The van der Waals surface area contributed by atoms with Crippen molar-refractivity contribution in [2.45, 2.75) is 126 Å². The van der Waals surface area contributed by atoms with Gasteiger partial charge in [-0.3, -0.25) is 0 Å². The van der Waals surface area contributed by atoms with Crippen LogP contribution in [0.5, 0.6) is 0 Å². The molecule has 0 atom stereocenters. The Hall–Kier alpha value is -7.56. The lowest BCUT2D eigenvalue weighted by Gasteiger charge is -2.46. The molecule has 10 aromatic rings. The van der Waals surface area contributed by atoms with Gasteiger partial charge in [-0.1, -0.05) is 179 Å². The van der Waals surface area contributed by atoms with Crippen LogP contribution in [-0.2, 0) is 21.7 Å². The van der Waals surface area contributed by atoms with Crippen molar-refractivity contribution in [3.63, 3.8) is 0 Å². The van der Waals surface area contributed by atoms with Gasteiger partial charge in [-0.15, -0.1) is 0 Å². The summed E-state index contributed by atoms with van der Waals surface area (Å²) in [4.78, 5) is 5.35. The van der Waals surface area contributed by atoms with Crippen LogP contribution >= 0.6 is 0 Å². The zero-order valence-corrected chi connectivity index (χ0v) is 48.0. The molecular weight excluding hydrogens is 930 g/mol. The van der Waals surface area contributed by atoms with E-state index in [0.29, 0.717) is 0 Å². The molecule has 0 unspecified atom stereocenters. The average molecular weight is 1000 g/mol. The van der Waals surface area contributed by atoms with E-state index in [0.717, 1.165) is 0 Å². The zero-order valence-electron chi connectivity index (χ0n) is 48.0. The Morgan fingerprint density at radius 3 is 1.64 bits per heavy atom. The molecule has 1 aliphatic carbocycles. The molecule has 0 bridgehead atoms. The van der Waals surface area contributed by atoms with Gasteiger partial charge in [0, 0.05) is 44.6 Å². The minimum Gasteiger partial charge on any atom is -0.311 e. The second-order valence-corrected chi connectivity index (χ2v) is 26.5. The first-order valence-corrected chi connectivity index (χ1v) is 28.0. The van der Waals surface area contributed by atoms with Crippen molar-refractivity contribution in [1.82, 2.24) is 4.57 Å². The van der Waals surface area contributed by atoms with Crippen molar-refractivity contribution in [2.24, 2.45) is 0 Å². The molecule has 3 heterocycles. The lowest BCUT2D eigenvalue weighted by molar-refractivity contribution is 0.590. The molecule has 382 valence electrons. The molecular formula is C73H72BN3. The van der Waals surface area contributed by atoms with E-state index in [1.165, 1.54) is 150 Å². The fraction of sp³-hybridized carbons (Fsp3) is 0.260. The van der Waals surface area contributed by atoms with Gasteiger partial charge in [0.1, 0.15) is 0 Å². The van der Waals surface area contributed by atoms with Crippen molar-refractivity contribution < 1.29 is 0 Å². The number of hydrogen-bond acceptors (Lipinski definition) is 2. The number of nitrogens with zero attached hydrogens (tertiary/aromatic N) is 3. The van der Waals surface area contributed by atoms with Crippen LogP contribution in [0, 0.1) is 27.7 Å². The molecule has 2 aliphatic heterocycles. The summed E-state index contributed by atoms with van der Waals surface area (Å²) in [6, 6.07) is 64.0. The monoisotopic (exact) mass is 1000 g/mol. The minimum absolute atomic E-state index is 0.0301. The maximum Gasteiger partial charge on any atom is 0.252 e. The molecule has 0 saturated carbocycles. The van der Waals surface area contributed by atoms with Gasteiger partial charge in [-0.25, -0.2) is 0 Å². The van der Waals surface area contributed by atoms with Crippen LogP contribution in [0.4, 0.5) is 34.1 Å². The summed E-state index contributed by atoms with van der Waals surface area (Å²) >= 11 is 0. The van der Waals surface area contributed by atoms with E-state index in [1.54, 1.807) is 0 Å². The Labute approximate surface area is 458 Å². The van der Waals surface area contributed by atoms with E-state index in [-0.39, 0.29) is 28.4 Å². The number of benzene rings is 9. The highest BCUT2D eigenvalue weighted by Gasteiger charge is 2.46. The summed E-state index contributed by atoms with van der Waals surface area (Å²) in [5.74, 6) is 0. The predicted molar refractivity (Wildman–Crippen MR) is 333 cm³/mol. The summed E-state index contributed by atoms with van der Waals surface area (Å²) in [6.45, 7) is 35.2. The van der Waals surface area contributed by atoms with Crippen LogP contribution in [0.2, 0.25) is 0 Å². The number of rotatable bonds is 4. The SMILES string of the molecule is Cc1cc(-c2ccccc2)cc(C)c1N1c2cc(C(C)(C)C)ccc2B2c3cc4c5cc(C(C)(C)C)ccc5n(-c5c(C)cccc5C)c4cc3N(c3ccc4c(c3)-c3ccccc3C4(C)C)c3cc(C(C)(C)C)cc1c32. The topological polar surface area (TPSA) is 11.4 Å². The molecule has 0 fully saturated rings. The van der Waals surface area contributed by atoms with E-state index in [9.17, 15) is 0 Å². The minimum atomic E-state index is -0.169. The Kier molecular flexibility index (Phi) is 10.7. The van der Waals surface area contributed by atoms with Gasteiger partial charge in [-0.05, 0) is 193 Å². The quantitative estimate of drug-likeness (QED) is 0.163. The lowest BCUT2D eigenvalue weighted by atomic mass is 9.33. The number of para-hydroxylation sites is 1. The van der Waals surface area contributed by atoms with Crippen LogP contribution < -0.4 is 26.2 Å². The fourth-order valence-electron chi connectivity index (χ4n) is 13.7. The second-order valence-electron chi connectivity index (χ2n) is 26.5. The van der Waals surface area contributed by atoms with E-state index in [2.05, 4.69) is 282 Å². The Morgan fingerprint density at radius 2 is 0.961 bits per heavy atom. The van der Waals surface area contributed by atoms with Gasteiger partial charge in [0.15, 0.2) is 0 Å². The van der Waals surface area contributed by atoms with Crippen molar-refractivity contribution in [3.05, 3.63) is 214 Å². The van der Waals surface area contributed by atoms with Crippen molar-refractivity contribution >= 4 is 79.0 Å². The smallest absolute Gasteiger partial charge is 0.252 e. The van der Waals surface area contributed by atoms with Crippen LogP contribution in [0.3, 0.4) is 0 Å². The van der Waals surface area contributed by atoms with Crippen molar-refractivity contribution in [3.8, 4) is 27.9 Å². The molecule has 9 aromatic carbocycles. The first-order chi connectivity index (χ1) is 36.5. The predicted octanol–water partition coefficient (Wildman–Crippen LogP) is 18.0. The molecule has 13 rings (SSSR count). The van der Waals surface area contributed by atoms with Crippen LogP contribution in [0.1, 0.15) is 126 Å². The average Bonchev–Trinajstić information content (AvgIpc) is 3.97. The highest BCUT2D eigenvalue weighted by atomic mass is 15.2. The Morgan fingerprint density at radius 1 is 0.390 bits per heavy atom. The highest BCUT2D eigenvalue weighted by Crippen LogP contribution is 2.53. The lowest BCUT2D eigenvalue weighted by Crippen LogP contribution is -2.61. The standard InChI is InChI=1S/C73H72BN3/c1-43-22-21-23-44(2)68(43)76-61-33-29-49(70(5,6)7)36-55(61)56-41-60-64(42-62(56)76)75(52-30-31-58-54(40-52)53-26-19-20-27-57(53)73(58,14)15)65-38-51(72(11,12)13)39-66-67(65)74(60)59-32-28-50(71(8,9)10)37-63(59)77(66)69-45(3)34-48(35-46(69)4)47-24-17-16-18-25-47/h16-42H,1-15H3. The van der Waals surface area contributed by atoms with Crippen LogP contribution in [-0.4, -0.2) is 11.3 Å². The molecule has 0 saturated heterocycles. The molecule has 0 N–H and O–H groups in total. The molecule has 4 heteroatoms. The number of anilines is 6. The normalized spacial score (nSPS) is 14.5. The van der Waals surface area contributed by atoms with Crippen molar-refractivity contribution in [1.29, 1.82) is 0 Å². The molecule has 1 aromatic heterocycles. The van der Waals surface area contributed by atoms with Gasteiger partial charge >= 0.3 is 0 Å². The number of hydrogen-bond donors (Lipinski definition) is 0.